The molecule has 0 saturated heterocycles. The molecular weight excluding hydrogens is 226 g/mol. The molecule has 3 heteroatoms. The minimum Gasteiger partial charge on any atom is -0.385 e. The molecule has 1 aromatic carbocycles. The number of fused-ring (bicyclic) bond motifs is 1. The predicted octanol–water partition coefficient (Wildman–Crippen LogP) is 3.27. The topological polar surface area (TPSA) is 31.2 Å². The van der Waals surface area contributed by atoms with E-state index in [0.717, 1.165) is 18.4 Å². The van der Waals surface area contributed by atoms with Crippen LogP contribution < -0.4 is 0 Å². The first-order valence-corrected chi connectivity index (χ1v) is 6.39. The summed E-state index contributed by atoms with van der Waals surface area (Å²) < 4.78 is 6.76. The van der Waals surface area contributed by atoms with Crippen LogP contribution in [0.25, 0.3) is 10.9 Å². The molecule has 0 unspecified atom stereocenters. The van der Waals surface area contributed by atoms with Crippen LogP contribution in [0.3, 0.4) is 0 Å². The van der Waals surface area contributed by atoms with Crippen LogP contribution in [0, 0.1) is 0 Å². The Balaban J connectivity index is 2.30. The third-order valence-corrected chi connectivity index (χ3v) is 3.18. The molecule has 2 rings (SSSR count). The summed E-state index contributed by atoms with van der Waals surface area (Å²) >= 11 is 0. The van der Waals surface area contributed by atoms with E-state index >= 15 is 0 Å². The Bertz CT molecular complexity index is 542. The Morgan fingerprint density at radius 3 is 2.83 bits per heavy atom. The Kier molecular flexibility index (Phi) is 4.15. The van der Waals surface area contributed by atoms with Gasteiger partial charge >= 0.3 is 0 Å². The van der Waals surface area contributed by atoms with Gasteiger partial charge < -0.3 is 4.74 Å². The van der Waals surface area contributed by atoms with Crippen LogP contribution in [0.1, 0.15) is 30.1 Å². The summed E-state index contributed by atoms with van der Waals surface area (Å²) in [6.07, 6.45) is 4.21. The molecule has 0 saturated carbocycles. The molecule has 2 aromatic rings. The van der Waals surface area contributed by atoms with Gasteiger partial charge in [-0.3, -0.25) is 9.36 Å². The van der Waals surface area contributed by atoms with Crippen LogP contribution in [-0.4, -0.2) is 24.2 Å². The van der Waals surface area contributed by atoms with Crippen molar-refractivity contribution in [3.05, 3.63) is 36.0 Å². The summed E-state index contributed by atoms with van der Waals surface area (Å²) in [5.74, 6) is 0.142. The van der Waals surface area contributed by atoms with Gasteiger partial charge in [0.05, 0.1) is 5.52 Å². The smallest absolute Gasteiger partial charge is 0.231 e. The first kappa shape index (κ1) is 12.8. The normalized spacial score (nSPS) is 11.0. The number of benzene rings is 1. The van der Waals surface area contributed by atoms with Crippen molar-refractivity contribution < 1.29 is 9.53 Å². The van der Waals surface area contributed by atoms with Gasteiger partial charge in [-0.15, -0.1) is 0 Å². The molecule has 0 aliphatic carbocycles. The van der Waals surface area contributed by atoms with Crippen LogP contribution in [0.5, 0.6) is 0 Å². The lowest BCUT2D eigenvalue weighted by Crippen LogP contribution is -2.09. The molecule has 0 N–H and O–H groups in total. The first-order chi connectivity index (χ1) is 8.77. The quantitative estimate of drug-likeness (QED) is 0.757. The van der Waals surface area contributed by atoms with E-state index in [1.165, 1.54) is 10.9 Å². The first-order valence-electron chi connectivity index (χ1n) is 6.39. The molecule has 0 fully saturated rings. The molecule has 0 aliphatic rings. The monoisotopic (exact) mass is 245 g/mol. The third-order valence-electron chi connectivity index (χ3n) is 3.18. The highest BCUT2D eigenvalue weighted by atomic mass is 16.5. The number of ether oxygens (including phenoxy) is 1. The standard InChI is InChI=1S/C15H19NO2/c1-3-12-11-16(15(17)9-6-10-18-2)14-8-5-4-7-13(12)14/h4-5,7-8,11H,3,6,9-10H2,1-2H3. The van der Waals surface area contributed by atoms with Gasteiger partial charge in [-0.1, -0.05) is 25.1 Å². The molecule has 18 heavy (non-hydrogen) atoms. The van der Waals surface area contributed by atoms with Crippen LogP contribution in [0.15, 0.2) is 30.5 Å². The van der Waals surface area contributed by atoms with E-state index in [9.17, 15) is 4.79 Å². The Morgan fingerprint density at radius 1 is 1.33 bits per heavy atom. The zero-order chi connectivity index (χ0) is 13.0. The molecule has 0 amide bonds. The van der Waals surface area contributed by atoms with E-state index in [4.69, 9.17) is 4.74 Å². The lowest BCUT2D eigenvalue weighted by Gasteiger charge is -2.03. The number of rotatable bonds is 5. The third kappa shape index (κ3) is 2.46. The fourth-order valence-corrected chi connectivity index (χ4v) is 2.23. The molecule has 0 aliphatic heterocycles. The molecule has 0 bridgehead atoms. The second kappa shape index (κ2) is 5.83. The van der Waals surface area contributed by atoms with E-state index in [-0.39, 0.29) is 5.91 Å². The maximum atomic E-state index is 12.2. The molecule has 0 atom stereocenters. The number of para-hydroxylation sites is 1. The summed E-state index contributed by atoms with van der Waals surface area (Å²) in [6.45, 7) is 2.74. The van der Waals surface area contributed by atoms with E-state index in [1.54, 1.807) is 11.7 Å². The Hall–Kier alpha value is -1.61. The van der Waals surface area contributed by atoms with Gasteiger partial charge in [0.2, 0.25) is 5.91 Å². The number of aromatic nitrogens is 1. The van der Waals surface area contributed by atoms with Crippen molar-refractivity contribution in [2.45, 2.75) is 26.2 Å². The van der Waals surface area contributed by atoms with Gasteiger partial charge in [0.15, 0.2) is 0 Å². The SMILES string of the molecule is CCc1cn(C(=O)CCCOC)c2ccccc12. The largest absolute Gasteiger partial charge is 0.385 e. The molecule has 1 aromatic heterocycles. The molecule has 0 spiro atoms. The maximum absolute atomic E-state index is 12.2. The Morgan fingerprint density at radius 2 is 2.11 bits per heavy atom. The van der Waals surface area contributed by atoms with Gasteiger partial charge in [0, 0.05) is 31.7 Å². The molecule has 0 radical (unpaired) electrons. The average molecular weight is 245 g/mol. The molecule has 3 nitrogen and oxygen atoms in total. The van der Waals surface area contributed by atoms with Gasteiger partial charge in [-0.05, 0) is 24.5 Å². The van der Waals surface area contributed by atoms with Crippen molar-refractivity contribution in [2.24, 2.45) is 0 Å². The zero-order valence-electron chi connectivity index (χ0n) is 11.0. The van der Waals surface area contributed by atoms with Crippen molar-refractivity contribution in [3.8, 4) is 0 Å². The number of hydrogen-bond acceptors (Lipinski definition) is 2. The van der Waals surface area contributed by atoms with Crippen molar-refractivity contribution in [1.29, 1.82) is 0 Å². The lowest BCUT2D eigenvalue weighted by atomic mass is 10.1. The second-order valence-corrected chi connectivity index (χ2v) is 4.39. The number of aryl methyl sites for hydroxylation is 1. The molecule has 1 heterocycles. The predicted molar refractivity (Wildman–Crippen MR) is 73.1 cm³/mol. The summed E-state index contributed by atoms with van der Waals surface area (Å²) in [6, 6.07) is 8.07. The van der Waals surface area contributed by atoms with Crippen molar-refractivity contribution in [1.82, 2.24) is 4.57 Å². The fraction of sp³-hybridized carbons (Fsp3) is 0.400. The lowest BCUT2D eigenvalue weighted by molar-refractivity contribution is 0.0888. The van der Waals surface area contributed by atoms with E-state index in [0.29, 0.717) is 13.0 Å². The Labute approximate surface area is 107 Å². The minimum absolute atomic E-state index is 0.142. The number of carbonyl (C=O) groups is 1. The molecular formula is C15H19NO2. The van der Waals surface area contributed by atoms with Crippen molar-refractivity contribution in [2.75, 3.05) is 13.7 Å². The van der Waals surface area contributed by atoms with Crippen molar-refractivity contribution >= 4 is 16.8 Å². The van der Waals surface area contributed by atoms with Crippen LogP contribution in [-0.2, 0) is 11.2 Å². The highest BCUT2D eigenvalue weighted by Gasteiger charge is 2.11. The van der Waals surface area contributed by atoms with Gasteiger partial charge in [0.25, 0.3) is 0 Å². The summed E-state index contributed by atoms with van der Waals surface area (Å²) in [7, 11) is 1.66. The van der Waals surface area contributed by atoms with E-state index in [1.807, 2.05) is 24.4 Å². The highest BCUT2D eigenvalue weighted by molar-refractivity contribution is 5.94. The van der Waals surface area contributed by atoms with Gasteiger partial charge in [-0.2, -0.15) is 0 Å². The summed E-state index contributed by atoms with van der Waals surface area (Å²) in [4.78, 5) is 12.2. The average Bonchev–Trinajstić information content (AvgIpc) is 2.78. The van der Waals surface area contributed by atoms with E-state index in [2.05, 4.69) is 13.0 Å². The van der Waals surface area contributed by atoms with Gasteiger partial charge in [-0.25, -0.2) is 0 Å². The highest BCUT2D eigenvalue weighted by Crippen LogP contribution is 2.22. The van der Waals surface area contributed by atoms with Crippen LogP contribution in [0.2, 0.25) is 0 Å². The van der Waals surface area contributed by atoms with Crippen LogP contribution >= 0.6 is 0 Å². The number of nitrogens with zero attached hydrogens (tertiary/aromatic N) is 1. The maximum Gasteiger partial charge on any atom is 0.231 e. The van der Waals surface area contributed by atoms with Crippen LogP contribution in [0.4, 0.5) is 0 Å². The zero-order valence-corrected chi connectivity index (χ0v) is 11.0. The fourth-order valence-electron chi connectivity index (χ4n) is 2.23. The van der Waals surface area contributed by atoms with Crippen molar-refractivity contribution in [3.63, 3.8) is 0 Å². The summed E-state index contributed by atoms with van der Waals surface area (Å²) in [5, 5.41) is 1.18. The summed E-state index contributed by atoms with van der Waals surface area (Å²) in [5.41, 5.74) is 2.24. The number of methoxy groups -OCH3 is 1. The van der Waals surface area contributed by atoms with Gasteiger partial charge in [0.1, 0.15) is 0 Å². The van der Waals surface area contributed by atoms with E-state index < -0.39 is 0 Å². The second-order valence-electron chi connectivity index (χ2n) is 4.39. The number of carbonyl (C=O) groups excluding carboxylic acids is 1. The number of hydrogen-bond donors (Lipinski definition) is 0. The molecule has 96 valence electrons. The minimum atomic E-state index is 0.142.